The molecular formula is C18H25N3O6S4. The van der Waals surface area contributed by atoms with Crippen molar-refractivity contribution in [1.29, 1.82) is 0 Å². The average Bonchev–Trinajstić information content (AvgIpc) is 2.76. The van der Waals surface area contributed by atoms with Gasteiger partial charge < -0.3 is 25.7 Å². The molecule has 0 aromatic heterocycles. The monoisotopic (exact) mass is 507 g/mol. The third-order valence-corrected chi connectivity index (χ3v) is 6.82. The van der Waals surface area contributed by atoms with Crippen molar-refractivity contribution in [2.75, 3.05) is 37.0 Å². The number of benzene rings is 1. The molecule has 0 saturated heterocycles. The van der Waals surface area contributed by atoms with Crippen LogP contribution in [-0.2, 0) is 19.1 Å². The maximum absolute atomic E-state index is 12.1. The van der Waals surface area contributed by atoms with Crippen molar-refractivity contribution >= 4 is 67.5 Å². The number of amides is 2. The Kier molecular flexibility index (Phi) is 14.9. The maximum atomic E-state index is 12.1. The van der Waals surface area contributed by atoms with Crippen LogP contribution in [0.25, 0.3) is 0 Å². The number of hydrogen-bond acceptors (Lipinski definition) is 11. The van der Waals surface area contributed by atoms with Gasteiger partial charge in [0.1, 0.15) is 12.4 Å². The molecule has 0 saturated carbocycles. The van der Waals surface area contributed by atoms with Crippen LogP contribution in [0.1, 0.15) is 18.4 Å². The summed E-state index contributed by atoms with van der Waals surface area (Å²) in [5, 5.41) is 26.8. The highest BCUT2D eigenvalue weighted by molar-refractivity contribution is 8.76. The van der Waals surface area contributed by atoms with E-state index in [0.717, 1.165) is 0 Å². The summed E-state index contributed by atoms with van der Waals surface area (Å²) in [6.45, 7) is 1.12. The Morgan fingerprint density at radius 3 is 2.26 bits per heavy atom. The summed E-state index contributed by atoms with van der Waals surface area (Å²) in [4.78, 5) is 35.2. The van der Waals surface area contributed by atoms with Crippen molar-refractivity contribution in [3.63, 3.8) is 0 Å². The molecule has 0 fully saturated rings. The van der Waals surface area contributed by atoms with Gasteiger partial charge in [0, 0.05) is 42.3 Å². The molecule has 1 aromatic carbocycles. The first-order valence-electron chi connectivity index (χ1n) is 9.20. The summed E-state index contributed by atoms with van der Waals surface area (Å²) in [5.74, 6) is 0.822. The molecule has 1 aromatic rings. The fourth-order valence-corrected chi connectivity index (χ4v) is 4.26. The minimum atomic E-state index is -0.519. The van der Waals surface area contributed by atoms with E-state index in [9.17, 15) is 19.5 Å². The van der Waals surface area contributed by atoms with Gasteiger partial charge >= 0.3 is 5.97 Å². The second-order valence-corrected chi connectivity index (χ2v) is 9.94. The Balaban J connectivity index is 2.07. The summed E-state index contributed by atoms with van der Waals surface area (Å²) >= 11 is 3.94. The zero-order valence-corrected chi connectivity index (χ0v) is 20.0. The number of aromatic hydroxyl groups is 1. The van der Waals surface area contributed by atoms with E-state index in [1.54, 1.807) is 0 Å². The van der Waals surface area contributed by atoms with Crippen molar-refractivity contribution in [2.24, 2.45) is 5.16 Å². The molecule has 0 aliphatic heterocycles. The van der Waals surface area contributed by atoms with Crippen LogP contribution < -0.4 is 10.6 Å². The number of thiol groups is 1. The van der Waals surface area contributed by atoms with E-state index in [1.807, 2.05) is 0 Å². The minimum absolute atomic E-state index is 0.0488. The first-order valence-corrected chi connectivity index (χ1v) is 13.7. The van der Waals surface area contributed by atoms with Crippen molar-refractivity contribution in [3.8, 4) is 5.75 Å². The summed E-state index contributed by atoms with van der Waals surface area (Å²) in [5.41, 5.74) is 0.255. The molecule has 9 nitrogen and oxygen atoms in total. The van der Waals surface area contributed by atoms with Gasteiger partial charge in [0.15, 0.2) is 5.71 Å². The first-order chi connectivity index (χ1) is 15.0. The third-order valence-electron chi connectivity index (χ3n) is 3.51. The smallest absolute Gasteiger partial charge is 0.306 e. The van der Waals surface area contributed by atoms with E-state index in [0.29, 0.717) is 35.9 Å². The van der Waals surface area contributed by atoms with Crippen LogP contribution in [0.5, 0.6) is 5.75 Å². The molecule has 0 aliphatic rings. The fourth-order valence-electron chi connectivity index (χ4n) is 2.06. The standard InChI is InChI=1S/C18H25N3O6S4/c22-14-3-1-13(2-4-14)17(21-26)18(25)20-8-11-31-30-10-7-19-15(23)5-6-16(24)27-9-12-29-28/h1-4,22,26,28H,5-12H2,(H,19,23)(H,20,25)/b21-17-. The summed E-state index contributed by atoms with van der Waals surface area (Å²) in [6, 6.07) is 5.76. The number of nitrogens with one attached hydrogen (secondary N) is 2. The lowest BCUT2D eigenvalue weighted by molar-refractivity contribution is -0.144. The lowest BCUT2D eigenvalue weighted by atomic mass is 10.1. The molecule has 4 N–H and O–H groups in total. The fraction of sp³-hybridized carbons (Fsp3) is 0.444. The van der Waals surface area contributed by atoms with Crippen molar-refractivity contribution in [3.05, 3.63) is 29.8 Å². The molecule has 172 valence electrons. The van der Waals surface area contributed by atoms with Gasteiger partial charge in [0.25, 0.3) is 5.91 Å². The van der Waals surface area contributed by atoms with Crippen molar-refractivity contribution < 1.29 is 29.4 Å². The summed E-state index contributed by atoms with van der Waals surface area (Å²) < 4.78 is 4.92. The Morgan fingerprint density at radius 1 is 1.00 bits per heavy atom. The molecule has 0 heterocycles. The van der Waals surface area contributed by atoms with Crippen LogP contribution in [0, 0.1) is 0 Å². The maximum Gasteiger partial charge on any atom is 0.306 e. The molecular weight excluding hydrogens is 482 g/mol. The lowest BCUT2D eigenvalue weighted by Crippen LogP contribution is -2.33. The SMILES string of the molecule is O=C(CCC(=O)OCCSS)NCCSSCCNC(=O)/C(=N\O)c1ccc(O)cc1. The van der Waals surface area contributed by atoms with Gasteiger partial charge in [0.2, 0.25) is 5.91 Å². The Labute approximate surface area is 197 Å². The molecule has 0 aliphatic carbocycles. The number of hydrogen-bond donors (Lipinski definition) is 5. The van der Waals surface area contributed by atoms with Gasteiger partial charge in [0.05, 0.1) is 6.42 Å². The molecule has 0 atom stereocenters. The van der Waals surface area contributed by atoms with E-state index in [4.69, 9.17) is 9.94 Å². The summed E-state index contributed by atoms with van der Waals surface area (Å²) in [6.07, 6.45) is 0.139. The number of oxime groups is 1. The average molecular weight is 508 g/mol. The lowest BCUT2D eigenvalue weighted by Gasteiger charge is -2.07. The second kappa shape index (κ2) is 16.9. The predicted octanol–water partition coefficient (Wildman–Crippen LogP) is 2.09. The van der Waals surface area contributed by atoms with Gasteiger partial charge in [-0.1, -0.05) is 37.5 Å². The number of esters is 1. The Bertz CT molecular complexity index is 734. The van der Waals surface area contributed by atoms with Crippen molar-refractivity contribution in [1.82, 2.24) is 10.6 Å². The van der Waals surface area contributed by atoms with Crippen LogP contribution in [0.3, 0.4) is 0 Å². The molecule has 1 rings (SSSR count). The van der Waals surface area contributed by atoms with Gasteiger partial charge in [-0.25, -0.2) is 0 Å². The van der Waals surface area contributed by atoms with Crippen molar-refractivity contribution in [2.45, 2.75) is 12.8 Å². The normalized spacial score (nSPS) is 11.1. The van der Waals surface area contributed by atoms with Crippen LogP contribution >= 0.6 is 44.0 Å². The van der Waals surface area contributed by atoms with Crippen LogP contribution in [0.4, 0.5) is 0 Å². The van der Waals surface area contributed by atoms with E-state index in [-0.39, 0.29) is 36.8 Å². The number of rotatable bonds is 15. The number of phenols is 1. The number of phenolic OH excluding ortho intramolecular Hbond substituents is 1. The Morgan fingerprint density at radius 2 is 1.65 bits per heavy atom. The Hall–Kier alpha value is -1.70. The highest BCUT2D eigenvalue weighted by atomic mass is 33.1. The van der Waals surface area contributed by atoms with Crippen LogP contribution in [0.15, 0.2) is 29.4 Å². The van der Waals surface area contributed by atoms with E-state index >= 15 is 0 Å². The quantitative estimate of drug-likeness (QED) is 0.0459. The van der Waals surface area contributed by atoms with Gasteiger partial charge in [-0.05, 0) is 24.3 Å². The van der Waals surface area contributed by atoms with Crippen LogP contribution in [-0.4, -0.2) is 70.8 Å². The minimum Gasteiger partial charge on any atom is -0.508 e. The highest BCUT2D eigenvalue weighted by Gasteiger charge is 2.14. The highest BCUT2D eigenvalue weighted by Crippen LogP contribution is 2.19. The van der Waals surface area contributed by atoms with Gasteiger partial charge in [-0.2, -0.15) is 0 Å². The number of carbonyl (C=O) groups excluding carboxylic acids is 3. The predicted molar refractivity (Wildman–Crippen MR) is 129 cm³/mol. The molecule has 31 heavy (non-hydrogen) atoms. The first kappa shape index (κ1) is 27.3. The molecule has 0 spiro atoms. The molecule has 13 heteroatoms. The number of ether oxygens (including phenoxy) is 1. The number of nitrogens with zero attached hydrogens (tertiary/aromatic N) is 1. The second-order valence-electron chi connectivity index (χ2n) is 5.80. The van der Waals surface area contributed by atoms with Gasteiger partial charge in [-0.3, -0.25) is 14.4 Å². The molecule has 0 unspecified atom stereocenters. The number of carbonyl (C=O) groups is 3. The van der Waals surface area contributed by atoms with E-state index in [2.05, 4.69) is 27.5 Å². The molecule has 2 amide bonds. The van der Waals surface area contributed by atoms with Gasteiger partial charge in [-0.15, -0.1) is 11.7 Å². The third kappa shape index (κ3) is 12.7. The van der Waals surface area contributed by atoms with E-state index < -0.39 is 11.9 Å². The topological polar surface area (TPSA) is 137 Å². The van der Waals surface area contributed by atoms with Crippen LogP contribution in [0.2, 0.25) is 0 Å². The largest absolute Gasteiger partial charge is 0.508 e. The van der Waals surface area contributed by atoms with E-state index in [1.165, 1.54) is 56.6 Å². The molecule has 0 bridgehead atoms. The summed E-state index contributed by atoms with van der Waals surface area (Å²) in [7, 11) is 4.35. The molecule has 0 radical (unpaired) electrons. The zero-order valence-electron chi connectivity index (χ0n) is 16.6. The zero-order chi connectivity index (χ0) is 22.9.